The lowest BCUT2D eigenvalue weighted by Gasteiger charge is -2.18. The van der Waals surface area contributed by atoms with E-state index in [4.69, 9.17) is 25.9 Å². The van der Waals surface area contributed by atoms with Crippen LogP contribution in [0.3, 0.4) is 0 Å². The summed E-state index contributed by atoms with van der Waals surface area (Å²) in [6.45, 7) is -6.28. The Hall–Kier alpha value is -4.01. The first-order chi connectivity index (χ1) is 19.4. The monoisotopic (exact) mass is 581 g/mol. The lowest BCUT2D eigenvalue weighted by atomic mass is 10.0. The SMILES string of the molecule is [2H]C([2H])(C[C@@H](c1ccc(-c2c(-n3cnnn3)ccc(Cl)c2F)c[n+]1[O-])n1cc(-c2cn(C)nc2Cl)cn1)OC(F)F. The van der Waals surface area contributed by atoms with Gasteiger partial charge in [0, 0.05) is 43.1 Å². The Labute approximate surface area is 231 Å². The molecule has 0 N–H and O–H groups in total. The zero-order valence-electron chi connectivity index (χ0n) is 21.8. The van der Waals surface area contributed by atoms with Crippen LogP contribution in [0.5, 0.6) is 0 Å². The van der Waals surface area contributed by atoms with E-state index in [1.165, 1.54) is 57.0 Å². The molecule has 202 valence electrons. The molecule has 11 nitrogen and oxygen atoms in total. The molecular formula is C23H18Cl2F3N9O2. The highest BCUT2D eigenvalue weighted by atomic mass is 35.5. The highest BCUT2D eigenvalue weighted by molar-refractivity contribution is 6.32. The van der Waals surface area contributed by atoms with Crippen LogP contribution in [0.15, 0.2) is 55.4 Å². The predicted molar refractivity (Wildman–Crippen MR) is 133 cm³/mol. The van der Waals surface area contributed by atoms with Crippen molar-refractivity contribution in [1.82, 2.24) is 39.8 Å². The first kappa shape index (κ1) is 24.1. The maximum absolute atomic E-state index is 15.2. The molecule has 1 aromatic carbocycles. The molecule has 0 aliphatic heterocycles. The third-order valence-electron chi connectivity index (χ3n) is 5.71. The summed E-state index contributed by atoms with van der Waals surface area (Å²) in [5.41, 5.74) is 1.07. The van der Waals surface area contributed by atoms with E-state index < -0.39 is 31.5 Å². The number of alkyl halides is 2. The van der Waals surface area contributed by atoms with Crippen molar-refractivity contribution >= 4 is 23.2 Å². The van der Waals surface area contributed by atoms with Gasteiger partial charge in [0.2, 0.25) is 5.69 Å². The molecule has 4 heterocycles. The average Bonchev–Trinajstić information content (AvgIpc) is 3.65. The molecule has 0 unspecified atom stereocenters. The number of pyridine rings is 1. The standard InChI is InChI=1S/C23H18Cl2F3N9O2/c1-34-11-15(22(25)31-34)14-8-30-35(9-14)17(6-7-39-23(27)28)18-4-2-13(10-37(18)38)20-19(36-12-29-32-33-36)5-3-16(24)21(20)26/h2-5,8-12,17,23H,6-7H2,1H3/t17-/m0/s1/i7D2. The van der Waals surface area contributed by atoms with E-state index in [9.17, 15) is 14.0 Å². The quantitative estimate of drug-likeness (QED) is 0.189. The zero-order valence-corrected chi connectivity index (χ0v) is 21.3. The molecule has 0 fully saturated rings. The normalized spacial score (nSPS) is 13.5. The summed E-state index contributed by atoms with van der Waals surface area (Å²) in [6, 6.07) is 4.22. The molecule has 0 radical (unpaired) electrons. The fraction of sp³-hybridized carbons (Fsp3) is 0.217. The van der Waals surface area contributed by atoms with E-state index in [0.29, 0.717) is 15.9 Å². The highest BCUT2D eigenvalue weighted by Crippen LogP contribution is 2.34. The Morgan fingerprint density at radius 2 is 2.00 bits per heavy atom. The van der Waals surface area contributed by atoms with E-state index in [2.05, 4.69) is 30.5 Å². The number of halogens is 5. The lowest BCUT2D eigenvalue weighted by molar-refractivity contribution is -0.615. The molecule has 5 aromatic rings. The van der Waals surface area contributed by atoms with Crippen LogP contribution >= 0.6 is 23.2 Å². The third-order valence-corrected chi connectivity index (χ3v) is 6.28. The summed E-state index contributed by atoms with van der Waals surface area (Å²) < 4.78 is 65.6. The third kappa shape index (κ3) is 5.44. The van der Waals surface area contributed by atoms with Gasteiger partial charge in [0.25, 0.3) is 0 Å². The van der Waals surface area contributed by atoms with Crippen molar-refractivity contribution in [1.29, 1.82) is 0 Å². The Morgan fingerprint density at radius 1 is 1.18 bits per heavy atom. The second-order valence-electron chi connectivity index (χ2n) is 8.14. The molecule has 0 saturated carbocycles. The number of benzene rings is 1. The van der Waals surface area contributed by atoms with Crippen molar-refractivity contribution < 1.29 is 25.4 Å². The summed E-state index contributed by atoms with van der Waals surface area (Å²) >= 11 is 12.2. The van der Waals surface area contributed by atoms with Gasteiger partial charge in [0.15, 0.2) is 17.2 Å². The van der Waals surface area contributed by atoms with Crippen LogP contribution in [-0.4, -0.2) is 52.9 Å². The van der Waals surface area contributed by atoms with Crippen LogP contribution in [0.4, 0.5) is 13.2 Å². The number of rotatable bonds is 9. The van der Waals surface area contributed by atoms with Crippen molar-refractivity contribution in [2.75, 3.05) is 6.56 Å². The van der Waals surface area contributed by atoms with Crippen molar-refractivity contribution in [3.05, 3.63) is 82.3 Å². The number of hydrogen-bond donors (Lipinski definition) is 0. The van der Waals surface area contributed by atoms with Gasteiger partial charge < -0.3 is 9.94 Å². The van der Waals surface area contributed by atoms with E-state index in [1.807, 2.05) is 0 Å². The second-order valence-corrected chi connectivity index (χ2v) is 8.90. The van der Waals surface area contributed by atoms with Crippen molar-refractivity contribution in [2.45, 2.75) is 19.1 Å². The van der Waals surface area contributed by atoms with Crippen LogP contribution in [-0.2, 0) is 11.8 Å². The summed E-state index contributed by atoms with van der Waals surface area (Å²) in [5.74, 6) is -0.837. The van der Waals surface area contributed by atoms with E-state index in [0.717, 1.165) is 6.20 Å². The Bertz CT molecular complexity index is 1700. The summed E-state index contributed by atoms with van der Waals surface area (Å²) in [5, 5.41) is 32.5. The van der Waals surface area contributed by atoms with Crippen LogP contribution in [0.25, 0.3) is 27.9 Å². The smallest absolute Gasteiger partial charge is 0.345 e. The van der Waals surface area contributed by atoms with Gasteiger partial charge >= 0.3 is 6.61 Å². The summed E-state index contributed by atoms with van der Waals surface area (Å²) in [4.78, 5) is 0. The molecule has 0 bridgehead atoms. The second kappa shape index (κ2) is 11.0. The first-order valence-electron chi connectivity index (χ1n) is 12.1. The van der Waals surface area contributed by atoms with Gasteiger partial charge in [-0.05, 0) is 28.6 Å². The maximum atomic E-state index is 15.2. The molecule has 1 atom stereocenters. The molecular weight excluding hydrogens is 562 g/mol. The molecule has 0 spiro atoms. The van der Waals surface area contributed by atoms with Crippen LogP contribution < -0.4 is 4.73 Å². The molecule has 39 heavy (non-hydrogen) atoms. The minimum absolute atomic E-state index is 0.0820. The Kier molecular flexibility index (Phi) is 6.79. The summed E-state index contributed by atoms with van der Waals surface area (Å²) in [6.07, 6.45) is 6.03. The van der Waals surface area contributed by atoms with Gasteiger partial charge in [0.05, 0.1) is 37.3 Å². The lowest BCUT2D eigenvalue weighted by Crippen LogP contribution is -2.36. The van der Waals surface area contributed by atoms with Gasteiger partial charge in [0.1, 0.15) is 12.4 Å². The van der Waals surface area contributed by atoms with E-state index in [-0.39, 0.29) is 32.7 Å². The van der Waals surface area contributed by atoms with Crippen molar-refractivity contribution in [3.63, 3.8) is 0 Å². The highest BCUT2D eigenvalue weighted by Gasteiger charge is 2.26. The van der Waals surface area contributed by atoms with Crippen molar-refractivity contribution in [2.24, 2.45) is 7.05 Å². The minimum atomic E-state index is -3.41. The summed E-state index contributed by atoms with van der Waals surface area (Å²) in [7, 11) is 1.66. The predicted octanol–water partition coefficient (Wildman–Crippen LogP) is 4.22. The maximum Gasteiger partial charge on any atom is 0.345 e. The largest absolute Gasteiger partial charge is 0.618 e. The zero-order chi connectivity index (χ0) is 29.5. The van der Waals surface area contributed by atoms with Gasteiger partial charge in [-0.3, -0.25) is 9.36 Å². The number of nitrogens with zero attached hydrogens (tertiary/aromatic N) is 9. The number of tetrazole rings is 1. The van der Waals surface area contributed by atoms with Crippen LogP contribution in [0, 0.1) is 11.0 Å². The van der Waals surface area contributed by atoms with Crippen molar-refractivity contribution in [3.8, 4) is 27.9 Å². The van der Waals surface area contributed by atoms with Gasteiger partial charge in [-0.2, -0.15) is 28.4 Å². The Balaban J connectivity index is 1.59. The number of aromatic nitrogens is 9. The number of aryl methyl sites for hydroxylation is 1. The molecule has 4 aromatic heterocycles. The molecule has 0 amide bonds. The van der Waals surface area contributed by atoms with Gasteiger partial charge in [-0.1, -0.05) is 23.2 Å². The van der Waals surface area contributed by atoms with E-state index in [1.54, 1.807) is 13.2 Å². The number of hydrogen-bond acceptors (Lipinski definition) is 7. The Morgan fingerprint density at radius 3 is 2.67 bits per heavy atom. The fourth-order valence-corrected chi connectivity index (χ4v) is 4.44. The first-order valence-corrected chi connectivity index (χ1v) is 11.8. The van der Waals surface area contributed by atoms with E-state index >= 15 is 4.39 Å². The topological polar surface area (TPSA) is 115 Å². The molecule has 0 saturated heterocycles. The van der Waals surface area contributed by atoms with Crippen LogP contribution in [0.1, 0.15) is 20.9 Å². The van der Waals surface area contributed by atoms with Crippen LogP contribution in [0.2, 0.25) is 10.2 Å². The average molecular weight is 582 g/mol. The number of ether oxygens (including phenoxy) is 1. The molecule has 0 aliphatic carbocycles. The molecule has 5 rings (SSSR count). The minimum Gasteiger partial charge on any atom is -0.618 e. The fourth-order valence-electron chi connectivity index (χ4n) is 4.00. The van der Waals surface area contributed by atoms with Gasteiger partial charge in [-0.15, -0.1) is 5.10 Å². The molecule has 16 heteroatoms. The molecule has 0 aliphatic rings. The van der Waals surface area contributed by atoms with Gasteiger partial charge in [-0.25, -0.2) is 4.39 Å².